The van der Waals surface area contributed by atoms with Crippen LogP contribution >= 0.6 is 23.7 Å². The molecule has 1 fully saturated rings. The van der Waals surface area contributed by atoms with Gasteiger partial charge in [0, 0.05) is 13.1 Å². The number of hydrogen-bond donors (Lipinski definition) is 2. The molecule has 126 valence electrons. The standard InChI is InChI=1S/C15H19N3O3S.ClH/c1-2-20-10-3-4-12-13(7-10)22-15(17-12)18-14(19)8-11-9-16-5-6-21-11;/h3-4,7,11,16H,2,5-6,8-9H2,1H3,(H,17,18,19);1H. The predicted octanol–water partition coefficient (Wildman–Crippen LogP) is 2.43. The van der Waals surface area contributed by atoms with Crippen LogP contribution in [0.15, 0.2) is 18.2 Å². The number of rotatable bonds is 5. The van der Waals surface area contributed by atoms with Crippen LogP contribution in [0.4, 0.5) is 5.13 Å². The number of aromatic nitrogens is 1. The van der Waals surface area contributed by atoms with Crippen molar-refractivity contribution in [3.05, 3.63) is 18.2 Å². The summed E-state index contributed by atoms with van der Waals surface area (Å²) in [6, 6.07) is 5.74. The lowest BCUT2D eigenvalue weighted by Crippen LogP contribution is -2.40. The van der Waals surface area contributed by atoms with Crippen molar-refractivity contribution in [2.75, 3.05) is 31.6 Å². The van der Waals surface area contributed by atoms with E-state index in [2.05, 4.69) is 15.6 Å². The average Bonchev–Trinajstić information content (AvgIpc) is 2.89. The van der Waals surface area contributed by atoms with E-state index in [0.29, 0.717) is 31.3 Å². The summed E-state index contributed by atoms with van der Waals surface area (Å²) in [4.78, 5) is 16.5. The molecule has 1 aliphatic heterocycles. The number of fused-ring (bicyclic) bond motifs is 1. The smallest absolute Gasteiger partial charge is 0.228 e. The Morgan fingerprint density at radius 3 is 3.17 bits per heavy atom. The Bertz CT molecular complexity index is 658. The number of thiazole rings is 1. The molecule has 0 bridgehead atoms. The van der Waals surface area contributed by atoms with E-state index >= 15 is 0 Å². The highest BCUT2D eigenvalue weighted by Gasteiger charge is 2.18. The summed E-state index contributed by atoms with van der Waals surface area (Å²) in [7, 11) is 0. The molecule has 1 amide bonds. The van der Waals surface area contributed by atoms with Crippen LogP contribution in [0.25, 0.3) is 10.2 Å². The van der Waals surface area contributed by atoms with Gasteiger partial charge in [-0.1, -0.05) is 11.3 Å². The number of nitrogens with zero attached hydrogens (tertiary/aromatic N) is 1. The molecule has 1 aromatic heterocycles. The van der Waals surface area contributed by atoms with Crippen molar-refractivity contribution in [1.29, 1.82) is 0 Å². The summed E-state index contributed by atoms with van der Waals surface area (Å²) in [5.74, 6) is 0.746. The second kappa shape index (κ2) is 8.44. The maximum atomic E-state index is 12.1. The number of ether oxygens (including phenoxy) is 2. The highest BCUT2D eigenvalue weighted by atomic mass is 35.5. The summed E-state index contributed by atoms with van der Waals surface area (Å²) in [5.41, 5.74) is 0.860. The monoisotopic (exact) mass is 357 g/mol. The molecule has 0 aliphatic carbocycles. The van der Waals surface area contributed by atoms with Crippen LogP contribution in [0.3, 0.4) is 0 Å². The first-order valence-electron chi connectivity index (χ1n) is 7.40. The maximum absolute atomic E-state index is 12.1. The van der Waals surface area contributed by atoms with Crippen molar-refractivity contribution in [3.63, 3.8) is 0 Å². The molecular formula is C15H20ClN3O3S. The van der Waals surface area contributed by atoms with Gasteiger partial charge in [-0.25, -0.2) is 4.98 Å². The van der Waals surface area contributed by atoms with E-state index in [4.69, 9.17) is 9.47 Å². The Morgan fingerprint density at radius 2 is 2.43 bits per heavy atom. The van der Waals surface area contributed by atoms with Gasteiger partial charge in [0.1, 0.15) is 5.75 Å². The fourth-order valence-corrected chi connectivity index (χ4v) is 3.25. The number of anilines is 1. The highest BCUT2D eigenvalue weighted by Crippen LogP contribution is 2.29. The average molecular weight is 358 g/mol. The number of carbonyl (C=O) groups is 1. The zero-order valence-electron chi connectivity index (χ0n) is 12.8. The third kappa shape index (κ3) is 4.78. The van der Waals surface area contributed by atoms with Crippen LogP contribution in [0, 0.1) is 0 Å². The van der Waals surface area contributed by atoms with Gasteiger partial charge in [-0.05, 0) is 25.1 Å². The Hall–Kier alpha value is -1.41. The SMILES string of the molecule is CCOc1ccc2nc(NC(=O)CC3CNCCO3)sc2c1.Cl. The second-order valence-electron chi connectivity index (χ2n) is 5.03. The first-order chi connectivity index (χ1) is 10.7. The molecule has 0 saturated carbocycles. The first kappa shape index (κ1) is 17.9. The number of benzene rings is 1. The number of hydrogen-bond acceptors (Lipinski definition) is 6. The summed E-state index contributed by atoms with van der Waals surface area (Å²) < 4.78 is 12.0. The zero-order chi connectivity index (χ0) is 15.4. The quantitative estimate of drug-likeness (QED) is 0.859. The molecule has 1 aromatic carbocycles. The van der Waals surface area contributed by atoms with Crippen LogP contribution in [-0.4, -0.2) is 43.3 Å². The van der Waals surface area contributed by atoms with Gasteiger partial charge in [-0.15, -0.1) is 12.4 Å². The Labute approximate surface area is 145 Å². The van der Waals surface area contributed by atoms with Crippen molar-refractivity contribution in [1.82, 2.24) is 10.3 Å². The van der Waals surface area contributed by atoms with Crippen molar-refractivity contribution in [3.8, 4) is 5.75 Å². The van der Waals surface area contributed by atoms with Gasteiger partial charge in [-0.2, -0.15) is 0 Å². The largest absolute Gasteiger partial charge is 0.494 e. The lowest BCUT2D eigenvalue weighted by atomic mass is 10.2. The minimum atomic E-state index is -0.0715. The number of nitrogens with one attached hydrogen (secondary N) is 2. The zero-order valence-corrected chi connectivity index (χ0v) is 14.5. The van der Waals surface area contributed by atoms with Gasteiger partial charge in [0.05, 0.1) is 36.0 Å². The van der Waals surface area contributed by atoms with Crippen LogP contribution in [0.5, 0.6) is 5.75 Å². The Morgan fingerprint density at radius 1 is 1.57 bits per heavy atom. The van der Waals surface area contributed by atoms with E-state index in [1.165, 1.54) is 11.3 Å². The Balaban J connectivity index is 0.00000192. The number of morpholine rings is 1. The van der Waals surface area contributed by atoms with E-state index in [9.17, 15) is 4.79 Å². The first-order valence-corrected chi connectivity index (χ1v) is 8.22. The van der Waals surface area contributed by atoms with Gasteiger partial charge >= 0.3 is 0 Å². The lowest BCUT2D eigenvalue weighted by molar-refractivity contribution is -0.119. The molecule has 3 rings (SSSR count). The molecule has 2 aromatic rings. The molecule has 6 nitrogen and oxygen atoms in total. The van der Waals surface area contributed by atoms with Gasteiger partial charge in [0.25, 0.3) is 0 Å². The van der Waals surface area contributed by atoms with Crippen molar-refractivity contribution < 1.29 is 14.3 Å². The minimum Gasteiger partial charge on any atom is -0.494 e. The molecule has 1 saturated heterocycles. The van der Waals surface area contributed by atoms with Gasteiger partial charge in [-0.3, -0.25) is 4.79 Å². The van der Waals surface area contributed by atoms with E-state index in [1.54, 1.807) is 0 Å². The molecule has 1 atom stereocenters. The van der Waals surface area contributed by atoms with Crippen LogP contribution in [-0.2, 0) is 9.53 Å². The number of halogens is 1. The fourth-order valence-electron chi connectivity index (χ4n) is 2.34. The molecule has 0 spiro atoms. The molecule has 0 radical (unpaired) electrons. The van der Waals surface area contributed by atoms with Gasteiger partial charge in [0.2, 0.25) is 5.91 Å². The number of carbonyl (C=O) groups excluding carboxylic acids is 1. The second-order valence-corrected chi connectivity index (χ2v) is 6.06. The van der Waals surface area contributed by atoms with E-state index < -0.39 is 0 Å². The molecule has 1 unspecified atom stereocenters. The van der Waals surface area contributed by atoms with Gasteiger partial charge < -0.3 is 20.1 Å². The topological polar surface area (TPSA) is 72.5 Å². The molecular weight excluding hydrogens is 338 g/mol. The summed E-state index contributed by atoms with van der Waals surface area (Å²) in [6.45, 7) is 4.79. The Kier molecular flexibility index (Phi) is 6.59. The van der Waals surface area contributed by atoms with Crippen LogP contribution in [0.2, 0.25) is 0 Å². The number of amides is 1. The van der Waals surface area contributed by atoms with E-state index in [1.807, 2.05) is 25.1 Å². The van der Waals surface area contributed by atoms with Crippen molar-refractivity contribution in [2.24, 2.45) is 0 Å². The molecule has 2 heterocycles. The normalized spacial score (nSPS) is 17.5. The lowest BCUT2D eigenvalue weighted by Gasteiger charge is -2.22. The minimum absolute atomic E-state index is 0. The highest BCUT2D eigenvalue weighted by molar-refractivity contribution is 7.22. The van der Waals surface area contributed by atoms with Crippen LogP contribution in [0.1, 0.15) is 13.3 Å². The molecule has 23 heavy (non-hydrogen) atoms. The summed E-state index contributed by atoms with van der Waals surface area (Å²) >= 11 is 1.45. The summed E-state index contributed by atoms with van der Waals surface area (Å²) in [5, 5.41) is 6.67. The predicted molar refractivity (Wildman–Crippen MR) is 93.9 cm³/mol. The van der Waals surface area contributed by atoms with Crippen molar-refractivity contribution in [2.45, 2.75) is 19.4 Å². The maximum Gasteiger partial charge on any atom is 0.228 e. The van der Waals surface area contributed by atoms with Crippen LogP contribution < -0.4 is 15.4 Å². The molecule has 8 heteroatoms. The van der Waals surface area contributed by atoms with Crippen molar-refractivity contribution >= 4 is 45.0 Å². The van der Waals surface area contributed by atoms with E-state index in [-0.39, 0.29) is 24.4 Å². The summed E-state index contributed by atoms with van der Waals surface area (Å²) in [6.07, 6.45) is 0.278. The third-order valence-electron chi connectivity index (χ3n) is 3.33. The fraction of sp³-hybridized carbons (Fsp3) is 0.467. The molecule has 1 aliphatic rings. The molecule has 2 N–H and O–H groups in total. The third-order valence-corrected chi connectivity index (χ3v) is 4.27. The van der Waals surface area contributed by atoms with Gasteiger partial charge in [0.15, 0.2) is 5.13 Å². The van der Waals surface area contributed by atoms with E-state index in [0.717, 1.165) is 22.5 Å².